The minimum atomic E-state index is -0.256. The Labute approximate surface area is 140 Å². The summed E-state index contributed by atoms with van der Waals surface area (Å²) < 4.78 is 5.62. The van der Waals surface area contributed by atoms with Gasteiger partial charge < -0.3 is 9.64 Å². The first-order valence-corrected chi connectivity index (χ1v) is 8.94. The molecule has 1 aromatic carbocycles. The molecule has 0 bridgehead atoms. The second kappa shape index (κ2) is 9.68. The standard InChI is InChI=1S/C19H30N2O2/c1-3-20(4-2)15-16-23-19(22)18(17-11-7-5-8-12-17)21-13-9-6-10-14-21/h5,7-8,11-12,18H,3-4,6,9-10,13-16H2,1-2H3/t18-/m1/s1. The van der Waals surface area contributed by atoms with Crippen LogP contribution in [-0.4, -0.2) is 55.1 Å². The number of nitrogens with zero attached hydrogens (tertiary/aromatic N) is 2. The van der Waals surface area contributed by atoms with Gasteiger partial charge in [-0.1, -0.05) is 50.6 Å². The smallest absolute Gasteiger partial charge is 0.328 e. The normalized spacial score (nSPS) is 17.2. The van der Waals surface area contributed by atoms with Gasteiger partial charge >= 0.3 is 5.97 Å². The Bertz CT molecular complexity index is 454. The van der Waals surface area contributed by atoms with Gasteiger partial charge in [0.25, 0.3) is 0 Å². The number of hydrogen-bond acceptors (Lipinski definition) is 4. The number of esters is 1. The quantitative estimate of drug-likeness (QED) is 0.690. The summed E-state index contributed by atoms with van der Waals surface area (Å²) in [4.78, 5) is 17.3. The number of benzene rings is 1. The molecule has 128 valence electrons. The van der Waals surface area contributed by atoms with Crippen LogP contribution in [0.25, 0.3) is 0 Å². The number of likely N-dealkylation sites (N-methyl/N-ethyl adjacent to an activating group) is 1. The van der Waals surface area contributed by atoms with Crippen molar-refractivity contribution in [3.63, 3.8) is 0 Å². The molecule has 1 aromatic rings. The van der Waals surface area contributed by atoms with Crippen LogP contribution in [0, 0.1) is 0 Å². The minimum absolute atomic E-state index is 0.106. The van der Waals surface area contributed by atoms with Crippen molar-refractivity contribution in [2.75, 3.05) is 39.3 Å². The minimum Gasteiger partial charge on any atom is -0.463 e. The monoisotopic (exact) mass is 318 g/mol. The fourth-order valence-electron chi connectivity index (χ4n) is 3.20. The molecule has 2 rings (SSSR count). The Kier molecular flexibility index (Phi) is 7.56. The zero-order valence-electron chi connectivity index (χ0n) is 14.5. The summed E-state index contributed by atoms with van der Waals surface area (Å²) in [7, 11) is 0. The van der Waals surface area contributed by atoms with E-state index in [1.807, 2.05) is 30.3 Å². The first kappa shape index (κ1) is 18.0. The average Bonchev–Trinajstić information content (AvgIpc) is 2.61. The van der Waals surface area contributed by atoms with Gasteiger partial charge in [-0.15, -0.1) is 0 Å². The van der Waals surface area contributed by atoms with Crippen LogP contribution in [0.4, 0.5) is 0 Å². The summed E-state index contributed by atoms with van der Waals surface area (Å²) in [6, 6.07) is 9.79. The average molecular weight is 318 g/mol. The first-order chi connectivity index (χ1) is 11.3. The Balaban J connectivity index is 2.00. The van der Waals surface area contributed by atoms with E-state index in [-0.39, 0.29) is 12.0 Å². The van der Waals surface area contributed by atoms with Gasteiger partial charge in [0.15, 0.2) is 0 Å². The van der Waals surface area contributed by atoms with E-state index in [0.717, 1.165) is 51.1 Å². The lowest BCUT2D eigenvalue weighted by Crippen LogP contribution is -2.39. The molecule has 1 saturated heterocycles. The fourth-order valence-corrected chi connectivity index (χ4v) is 3.20. The maximum absolute atomic E-state index is 12.7. The molecular formula is C19H30N2O2. The van der Waals surface area contributed by atoms with E-state index < -0.39 is 0 Å². The van der Waals surface area contributed by atoms with Crippen molar-refractivity contribution in [1.29, 1.82) is 0 Å². The van der Waals surface area contributed by atoms with E-state index in [2.05, 4.69) is 23.6 Å². The molecule has 0 N–H and O–H groups in total. The SMILES string of the molecule is CCN(CC)CCOC(=O)[C@@H](c1ccccc1)N1CCCCC1. The van der Waals surface area contributed by atoms with E-state index in [1.54, 1.807) is 0 Å². The maximum atomic E-state index is 12.7. The van der Waals surface area contributed by atoms with Crippen LogP contribution in [0.5, 0.6) is 0 Å². The van der Waals surface area contributed by atoms with E-state index >= 15 is 0 Å². The Hall–Kier alpha value is -1.39. The summed E-state index contributed by atoms with van der Waals surface area (Å²) in [6.07, 6.45) is 3.58. The van der Waals surface area contributed by atoms with Crippen LogP contribution >= 0.6 is 0 Å². The lowest BCUT2D eigenvalue weighted by atomic mass is 10.0. The highest BCUT2D eigenvalue weighted by Crippen LogP contribution is 2.25. The van der Waals surface area contributed by atoms with Gasteiger partial charge in [-0.05, 0) is 44.6 Å². The first-order valence-electron chi connectivity index (χ1n) is 8.94. The number of carbonyl (C=O) groups excluding carboxylic acids is 1. The molecule has 0 spiro atoms. The number of piperidine rings is 1. The molecule has 4 nitrogen and oxygen atoms in total. The summed E-state index contributed by atoms with van der Waals surface area (Å²) >= 11 is 0. The van der Waals surface area contributed by atoms with E-state index in [0.29, 0.717) is 6.61 Å². The summed E-state index contributed by atoms with van der Waals surface area (Å²) in [5.41, 5.74) is 1.04. The lowest BCUT2D eigenvalue weighted by Gasteiger charge is -2.33. The van der Waals surface area contributed by atoms with Crippen LogP contribution in [-0.2, 0) is 9.53 Å². The van der Waals surface area contributed by atoms with Gasteiger partial charge in [0.05, 0.1) is 0 Å². The van der Waals surface area contributed by atoms with Crippen LogP contribution in [0.1, 0.15) is 44.7 Å². The second-order valence-corrected chi connectivity index (χ2v) is 6.10. The second-order valence-electron chi connectivity index (χ2n) is 6.10. The predicted octanol–water partition coefficient (Wildman–Crippen LogP) is 3.10. The van der Waals surface area contributed by atoms with Crippen molar-refractivity contribution in [2.45, 2.75) is 39.2 Å². The highest BCUT2D eigenvalue weighted by Gasteiger charge is 2.29. The molecule has 1 atom stereocenters. The highest BCUT2D eigenvalue weighted by atomic mass is 16.5. The molecule has 0 aliphatic carbocycles. The molecule has 1 heterocycles. The van der Waals surface area contributed by atoms with Gasteiger partial charge in [-0.3, -0.25) is 4.90 Å². The molecule has 1 aliphatic rings. The van der Waals surface area contributed by atoms with Gasteiger partial charge in [0, 0.05) is 6.54 Å². The van der Waals surface area contributed by atoms with E-state index in [9.17, 15) is 4.79 Å². The van der Waals surface area contributed by atoms with Crippen molar-refractivity contribution in [2.24, 2.45) is 0 Å². The van der Waals surface area contributed by atoms with E-state index in [4.69, 9.17) is 4.74 Å². The highest BCUT2D eigenvalue weighted by molar-refractivity contribution is 5.77. The van der Waals surface area contributed by atoms with Crippen LogP contribution in [0.3, 0.4) is 0 Å². The van der Waals surface area contributed by atoms with Crippen molar-refractivity contribution >= 4 is 5.97 Å². The van der Waals surface area contributed by atoms with Crippen LogP contribution in [0.2, 0.25) is 0 Å². The summed E-state index contributed by atoms with van der Waals surface area (Å²) in [5, 5.41) is 0. The number of rotatable bonds is 8. The summed E-state index contributed by atoms with van der Waals surface area (Å²) in [6.45, 7) is 9.47. The Morgan fingerprint density at radius 2 is 1.78 bits per heavy atom. The number of hydrogen-bond donors (Lipinski definition) is 0. The maximum Gasteiger partial charge on any atom is 0.328 e. The lowest BCUT2D eigenvalue weighted by molar-refractivity contribution is -0.151. The molecule has 0 saturated carbocycles. The van der Waals surface area contributed by atoms with Crippen molar-refractivity contribution in [3.05, 3.63) is 35.9 Å². The third kappa shape index (κ3) is 5.33. The van der Waals surface area contributed by atoms with E-state index in [1.165, 1.54) is 6.42 Å². The van der Waals surface area contributed by atoms with Gasteiger partial charge in [0.2, 0.25) is 0 Å². The van der Waals surface area contributed by atoms with Gasteiger partial charge in [-0.2, -0.15) is 0 Å². The zero-order valence-corrected chi connectivity index (χ0v) is 14.5. The third-order valence-corrected chi connectivity index (χ3v) is 4.64. The Morgan fingerprint density at radius 1 is 1.13 bits per heavy atom. The molecule has 0 unspecified atom stereocenters. The zero-order chi connectivity index (χ0) is 16.5. The molecule has 1 fully saturated rings. The largest absolute Gasteiger partial charge is 0.463 e. The molecule has 1 aliphatic heterocycles. The molecule has 0 aromatic heterocycles. The molecule has 4 heteroatoms. The number of carbonyl (C=O) groups is 1. The van der Waals surface area contributed by atoms with Gasteiger partial charge in [-0.25, -0.2) is 4.79 Å². The Morgan fingerprint density at radius 3 is 2.39 bits per heavy atom. The van der Waals surface area contributed by atoms with Crippen molar-refractivity contribution < 1.29 is 9.53 Å². The molecule has 0 amide bonds. The molecule has 23 heavy (non-hydrogen) atoms. The topological polar surface area (TPSA) is 32.8 Å². The van der Waals surface area contributed by atoms with Crippen LogP contribution < -0.4 is 0 Å². The number of likely N-dealkylation sites (tertiary alicyclic amines) is 1. The van der Waals surface area contributed by atoms with Crippen molar-refractivity contribution in [3.8, 4) is 0 Å². The fraction of sp³-hybridized carbons (Fsp3) is 0.632. The molecule has 0 radical (unpaired) electrons. The van der Waals surface area contributed by atoms with Crippen molar-refractivity contribution in [1.82, 2.24) is 9.80 Å². The van der Waals surface area contributed by atoms with Crippen LogP contribution in [0.15, 0.2) is 30.3 Å². The number of ether oxygens (including phenoxy) is 1. The predicted molar refractivity (Wildman–Crippen MR) is 93.4 cm³/mol. The van der Waals surface area contributed by atoms with Gasteiger partial charge in [0.1, 0.15) is 12.6 Å². The summed E-state index contributed by atoms with van der Waals surface area (Å²) in [5.74, 6) is -0.106. The third-order valence-electron chi connectivity index (χ3n) is 4.64. The molecular weight excluding hydrogens is 288 g/mol.